The average Bonchev–Trinajstić information content (AvgIpc) is 3.33. The lowest BCUT2D eigenvalue weighted by atomic mass is 10.1. The number of rotatable bonds is 13. The summed E-state index contributed by atoms with van der Waals surface area (Å²) in [5, 5.41) is 2.04. The highest BCUT2D eigenvalue weighted by atomic mass is 32.1. The van der Waals surface area contributed by atoms with Crippen LogP contribution < -0.4 is 14.2 Å². The Labute approximate surface area is 223 Å². The number of hydrogen-bond donors (Lipinski definition) is 0. The predicted octanol–water partition coefficient (Wildman–Crippen LogP) is 5.21. The van der Waals surface area contributed by atoms with E-state index in [4.69, 9.17) is 14.2 Å². The summed E-state index contributed by atoms with van der Waals surface area (Å²) in [5.74, 6) is 1.67. The van der Waals surface area contributed by atoms with Gasteiger partial charge in [0.25, 0.3) is 5.91 Å². The molecular weight excluding hydrogens is 488 g/mol. The summed E-state index contributed by atoms with van der Waals surface area (Å²) >= 11 is 1.64. The summed E-state index contributed by atoms with van der Waals surface area (Å²) in [7, 11) is 4.79. The third-order valence-corrected chi connectivity index (χ3v) is 7.20. The summed E-state index contributed by atoms with van der Waals surface area (Å²) in [6.07, 6.45) is 1.40. The van der Waals surface area contributed by atoms with Gasteiger partial charge in [0.05, 0.1) is 27.9 Å². The van der Waals surface area contributed by atoms with E-state index in [2.05, 4.69) is 13.0 Å². The third-order valence-electron chi connectivity index (χ3n) is 6.20. The minimum Gasteiger partial charge on any atom is -0.497 e. The van der Waals surface area contributed by atoms with Crippen molar-refractivity contribution < 1.29 is 23.8 Å². The molecule has 0 saturated heterocycles. The van der Waals surface area contributed by atoms with Gasteiger partial charge in [-0.25, -0.2) is 0 Å². The summed E-state index contributed by atoms with van der Waals surface area (Å²) in [4.78, 5) is 31.6. The molecule has 0 radical (unpaired) electrons. The molecular formula is C29H36N2O5S. The van der Waals surface area contributed by atoms with Crippen LogP contribution in [0.25, 0.3) is 0 Å². The molecule has 0 N–H and O–H groups in total. The molecule has 2 aromatic carbocycles. The van der Waals surface area contributed by atoms with Crippen LogP contribution in [0.3, 0.4) is 0 Å². The third kappa shape index (κ3) is 7.49. The molecule has 0 unspecified atom stereocenters. The molecule has 1 aromatic heterocycles. The molecule has 7 nitrogen and oxygen atoms in total. The molecule has 0 saturated carbocycles. The molecule has 0 aliphatic rings. The van der Waals surface area contributed by atoms with Crippen molar-refractivity contribution in [1.82, 2.24) is 9.80 Å². The molecule has 37 heavy (non-hydrogen) atoms. The van der Waals surface area contributed by atoms with Gasteiger partial charge in [-0.15, -0.1) is 11.3 Å². The average molecular weight is 525 g/mol. The number of benzene rings is 2. The van der Waals surface area contributed by atoms with Gasteiger partial charge in [-0.05, 0) is 72.7 Å². The van der Waals surface area contributed by atoms with Crippen LogP contribution in [0.15, 0.2) is 53.9 Å². The first-order valence-electron chi connectivity index (χ1n) is 12.3. The van der Waals surface area contributed by atoms with Gasteiger partial charge in [-0.1, -0.05) is 19.1 Å². The summed E-state index contributed by atoms with van der Waals surface area (Å²) in [6, 6.07) is 14.9. The first-order valence-corrected chi connectivity index (χ1v) is 13.2. The van der Waals surface area contributed by atoms with Crippen LogP contribution in [0, 0.1) is 6.92 Å². The van der Waals surface area contributed by atoms with E-state index in [9.17, 15) is 9.59 Å². The number of aryl methyl sites for hydroxylation is 1. The fraction of sp³-hybridized carbons (Fsp3) is 0.379. The SMILES string of the molecule is CCCN(CC(=O)N(CCc1ccc(OC)c(OC)c1)Cc1sccc1C)C(=O)c1cccc(OC)c1. The van der Waals surface area contributed by atoms with E-state index in [1.165, 1.54) is 0 Å². The van der Waals surface area contributed by atoms with Gasteiger partial charge in [-0.2, -0.15) is 0 Å². The van der Waals surface area contributed by atoms with Crippen LogP contribution >= 0.6 is 11.3 Å². The fourth-order valence-electron chi connectivity index (χ4n) is 4.06. The van der Waals surface area contributed by atoms with Crippen LogP contribution in [-0.2, 0) is 17.8 Å². The Morgan fingerprint density at radius 1 is 0.892 bits per heavy atom. The van der Waals surface area contributed by atoms with E-state index in [0.717, 1.165) is 22.4 Å². The van der Waals surface area contributed by atoms with Gasteiger partial charge < -0.3 is 24.0 Å². The number of carbonyl (C=O) groups is 2. The molecule has 8 heteroatoms. The van der Waals surface area contributed by atoms with Gasteiger partial charge in [0.2, 0.25) is 5.91 Å². The van der Waals surface area contributed by atoms with Crippen molar-refractivity contribution in [3.05, 3.63) is 75.5 Å². The second kappa shape index (κ2) is 13.7. The fourth-order valence-corrected chi connectivity index (χ4v) is 4.98. The zero-order valence-corrected chi connectivity index (χ0v) is 23.1. The number of nitrogens with zero attached hydrogens (tertiary/aromatic N) is 2. The van der Waals surface area contributed by atoms with Gasteiger partial charge in [-0.3, -0.25) is 9.59 Å². The largest absolute Gasteiger partial charge is 0.497 e. The zero-order chi connectivity index (χ0) is 26.8. The van der Waals surface area contributed by atoms with Crippen molar-refractivity contribution in [3.63, 3.8) is 0 Å². The highest BCUT2D eigenvalue weighted by Gasteiger charge is 2.23. The molecule has 198 valence electrons. The van der Waals surface area contributed by atoms with E-state index in [1.54, 1.807) is 61.8 Å². The summed E-state index contributed by atoms with van der Waals surface area (Å²) in [5.41, 5.74) is 2.70. The smallest absolute Gasteiger partial charge is 0.254 e. The van der Waals surface area contributed by atoms with Gasteiger partial charge in [0.1, 0.15) is 12.3 Å². The lowest BCUT2D eigenvalue weighted by Crippen LogP contribution is -2.43. The molecule has 2 amide bonds. The Hall–Kier alpha value is -3.52. The standard InChI is InChI=1S/C29H36N2O5S/c1-6-14-31(29(33)23-8-7-9-24(18-23)34-3)20-28(32)30(19-27-21(2)13-16-37-27)15-12-22-10-11-25(35-4)26(17-22)36-5/h7-11,13,16-18H,6,12,14-15,19-20H2,1-5H3. The number of methoxy groups -OCH3 is 3. The van der Waals surface area contributed by atoms with Crippen LogP contribution in [0.5, 0.6) is 17.2 Å². The second-order valence-corrected chi connectivity index (χ2v) is 9.74. The maximum atomic E-state index is 13.6. The first-order chi connectivity index (χ1) is 17.9. The summed E-state index contributed by atoms with van der Waals surface area (Å²) in [6.45, 7) is 5.57. The molecule has 0 aliphatic carbocycles. The van der Waals surface area contributed by atoms with Gasteiger partial charge in [0, 0.05) is 23.5 Å². The molecule has 0 aliphatic heterocycles. The number of hydrogen-bond acceptors (Lipinski definition) is 6. The maximum Gasteiger partial charge on any atom is 0.254 e. The normalized spacial score (nSPS) is 10.6. The Morgan fingerprint density at radius 3 is 2.32 bits per heavy atom. The van der Waals surface area contributed by atoms with Crippen LogP contribution in [-0.4, -0.2) is 62.6 Å². The highest BCUT2D eigenvalue weighted by Crippen LogP contribution is 2.28. The zero-order valence-electron chi connectivity index (χ0n) is 22.3. The van der Waals surface area contributed by atoms with Crippen molar-refractivity contribution in [3.8, 4) is 17.2 Å². The highest BCUT2D eigenvalue weighted by molar-refractivity contribution is 7.10. The van der Waals surface area contributed by atoms with Crippen LogP contribution in [0.2, 0.25) is 0 Å². The Balaban J connectivity index is 1.79. The minimum absolute atomic E-state index is 0.0141. The molecule has 0 atom stereocenters. The van der Waals surface area contributed by atoms with E-state index in [0.29, 0.717) is 48.9 Å². The number of thiophene rings is 1. The Morgan fingerprint density at radius 2 is 1.68 bits per heavy atom. The number of ether oxygens (including phenoxy) is 3. The lowest BCUT2D eigenvalue weighted by molar-refractivity contribution is -0.132. The minimum atomic E-state index is -0.179. The van der Waals surface area contributed by atoms with Crippen molar-refractivity contribution in [1.29, 1.82) is 0 Å². The molecule has 0 bridgehead atoms. The maximum absolute atomic E-state index is 13.6. The molecule has 3 aromatic rings. The topological polar surface area (TPSA) is 68.3 Å². The molecule has 0 fully saturated rings. The monoisotopic (exact) mass is 524 g/mol. The Kier molecular flexibility index (Phi) is 10.4. The van der Waals surface area contributed by atoms with E-state index in [-0.39, 0.29) is 18.4 Å². The van der Waals surface area contributed by atoms with Crippen molar-refractivity contribution >= 4 is 23.2 Å². The first kappa shape index (κ1) is 28.1. The van der Waals surface area contributed by atoms with E-state index >= 15 is 0 Å². The predicted molar refractivity (Wildman–Crippen MR) is 147 cm³/mol. The lowest BCUT2D eigenvalue weighted by Gasteiger charge is -2.28. The number of carbonyl (C=O) groups excluding carboxylic acids is 2. The second-order valence-electron chi connectivity index (χ2n) is 8.74. The van der Waals surface area contributed by atoms with Crippen molar-refractivity contribution in [2.75, 3.05) is 41.0 Å². The molecule has 0 spiro atoms. The van der Waals surface area contributed by atoms with Crippen molar-refractivity contribution in [2.24, 2.45) is 0 Å². The van der Waals surface area contributed by atoms with Crippen LogP contribution in [0.1, 0.15) is 39.7 Å². The summed E-state index contributed by atoms with van der Waals surface area (Å²) < 4.78 is 16.1. The van der Waals surface area contributed by atoms with E-state index < -0.39 is 0 Å². The Bertz CT molecular complexity index is 1190. The van der Waals surface area contributed by atoms with Crippen LogP contribution in [0.4, 0.5) is 0 Å². The quantitative estimate of drug-likeness (QED) is 0.307. The van der Waals surface area contributed by atoms with E-state index in [1.807, 2.05) is 35.4 Å². The van der Waals surface area contributed by atoms with Crippen molar-refractivity contribution in [2.45, 2.75) is 33.2 Å². The molecule has 3 rings (SSSR count). The van der Waals surface area contributed by atoms with Gasteiger partial charge >= 0.3 is 0 Å². The molecule has 1 heterocycles. The number of amides is 2. The van der Waals surface area contributed by atoms with Gasteiger partial charge in [0.15, 0.2) is 11.5 Å².